The quantitative estimate of drug-likeness (QED) is 0.0610. The number of thiol groups is 1. The fourth-order valence-electron chi connectivity index (χ4n) is 5.51. The standard InChI is InChI=1S/C22H28BFN10O10P2S/c1-38-14-9(42-21(15(14)43-45-36)34-6-30-12-18(34)31-22(26)32-19(12)35)3-40-46(23,37)44-13-8(2-39-7-47)41-20(10(13)24)33-5-29-11-16(25)27-4-28-17(11)33/h4-6,8-10,13-15,20-21,47H,2-3,7,23H2,1H3,(H2,25,27,28)(H3,26,31,32,35). The first-order valence-electron chi connectivity index (χ1n) is 13.8. The van der Waals surface area contributed by atoms with Crippen molar-refractivity contribution in [2.75, 3.05) is 37.7 Å². The fraction of sp³-hybridized carbons (Fsp3) is 0.545. The maximum absolute atomic E-state index is 16.1. The van der Waals surface area contributed by atoms with E-state index in [1.807, 2.05) is 0 Å². The molecule has 4 aromatic heterocycles. The Balaban J connectivity index is 1.20. The number of nitrogens with two attached hydrogens (primary N) is 2. The third-order valence-electron chi connectivity index (χ3n) is 7.54. The van der Waals surface area contributed by atoms with Crippen molar-refractivity contribution < 1.29 is 46.0 Å². The second-order valence-corrected chi connectivity index (χ2v) is 13.0. The van der Waals surface area contributed by atoms with Crippen LogP contribution in [0, 0.1) is 0 Å². The number of H-pyrrole nitrogens is 1. The van der Waals surface area contributed by atoms with Crippen LogP contribution in [0.15, 0.2) is 23.8 Å². The highest BCUT2D eigenvalue weighted by Crippen LogP contribution is 2.50. The summed E-state index contributed by atoms with van der Waals surface area (Å²) in [6.07, 6.45) is -5.94. The number of methoxy groups -OCH3 is 1. The Morgan fingerprint density at radius 1 is 1.06 bits per heavy atom. The molecule has 0 amide bonds. The monoisotopic (exact) mass is 716 g/mol. The zero-order valence-corrected chi connectivity index (χ0v) is 27.2. The zero-order valence-electron chi connectivity index (χ0n) is 24.6. The molecule has 4 aromatic rings. The molecule has 0 aromatic carbocycles. The fourth-order valence-corrected chi connectivity index (χ4v) is 7.11. The van der Waals surface area contributed by atoms with Gasteiger partial charge in [-0.15, -0.1) is 0 Å². The summed E-state index contributed by atoms with van der Waals surface area (Å²) in [6, 6.07) is 0. The Labute approximate surface area is 271 Å². The Morgan fingerprint density at radius 2 is 1.77 bits per heavy atom. The van der Waals surface area contributed by atoms with Crippen molar-refractivity contribution in [3.8, 4) is 0 Å². The average Bonchev–Trinajstić information content (AvgIpc) is 3.80. The van der Waals surface area contributed by atoms with E-state index in [4.69, 9.17) is 44.0 Å². The number of halogens is 1. The molecule has 0 saturated carbocycles. The summed E-state index contributed by atoms with van der Waals surface area (Å²) in [5, 5.41) is 0. The van der Waals surface area contributed by atoms with E-state index in [1.54, 1.807) is 0 Å². The summed E-state index contributed by atoms with van der Waals surface area (Å²) in [7, 11) is -2.26. The minimum Gasteiger partial charge on any atom is -0.382 e. The second kappa shape index (κ2) is 13.8. The van der Waals surface area contributed by atoms with Gasteiger partial charge in [0.15, 0.2) is 41.3 Å². The lowest BCUT2D eigenvalue weighted by Gasteiger charge is -2.26. The topological polar surface area (TPSA) is 258 Å². The van der Waals surface area contributed by atoms with Gasteiger partial charge >= 0.3 is 8.69 Å². The van der Waals surface area contributed by atoms with Crippen LogP contribution in [0.3, 0.4) is 0 Å². The molecule has 9 atom stereocenters. The molecule has 2 aliphatic heterocycles. The van der Waals surface area contributed by atoms with E-state index in [2.05, 4.69) is 42.5 Å². The third-order valence-corrected chi connectivity index (χ3v) is 9.29. The number of anilines is 2. The molecule has 6 heterocycles. The van der Waals surface area contributed by atoms with Crippen molar-refractivity contribution in [1.82, 2.24) is 39.0 Å². The number of fused-ring (bicyclic) bond motifs is 2. The summed E-state index contributed by atoms with van der Waals surface area (Å²) in [6.45, 7) is -0.559. The number of nitrogen functional groups attached to an aromatic ring is 2. The molecule has 6 rings (SSSR count). The number of hydrogen-bond acceptors (Lipinski definition) is 18. The van der Waals surface area contributed by atoms with Gasteiger partial charge in [0.25, 0.3) is 20.6 Å². The lowest BCUT2D eigenvalue weighted by Crippen LogP contribution is -2.37. The molecule has 2 saturated heterocycles. The number of alkyl halides is 1. The molecule has 0 radical (unpaired) electrons. The summed E-state index contributed by atoms with van der Waals surface area (Å²) in [5.74, 6) is -0.0748. The van der Waals surface area contributed by atoms with Crippen LogP contribution in [0.4, 0.5) is 16.2 Å². The molecule has 2 aliphatic rings. The van der Waals surface area contributed by atoms with Crippen molar-refractivity contribution in [2.45, 2.75) is 49.1 Å². The van der Waals surface area contributed by atoms with Gasteiger partial charge in [0.05, 0.1) is 31.8 Å². The normalized spacial score (nSPS) is 29.3. The lowest BCUT2D eigenvalue weighted by atomic mass is 10.1. The van der Waals surface area contributed by atoms with Crippen molar-refractivity contribution in [2.24, 2.45) is 0 Å². The van der Waals surface area contributed by atoms with Crippen LogP contribution in [0.1, 0.15) is 12.5 Å². The Kier molecular flexibility index (Phi) is 9.91. The number of rotatable bonds is 13. The first-order valence-corrected chi connectivity index (χ1v) is 17.1. The van der Waals surface area contributed by atoms with E-state index in [0.717, 1.165) is 7.57 Å². The van der Waals surface area contributed by atoms with Crippen LogP contribution >= 0.6 is 28.8 Å². The van der Waals surface area contributed by atoms with Crippen LogP contribution < -0.4 is 17.0 Å². The number of aromatic amines is 1. The molecule has 0 aliphatic carbocycles. The van der Waals surface area contributed by atoms with Crippen molar-refractivity contribution in [3.05, 3.63) is 29.3 Å². The highest BCUT2D eigenvalue weighted by Gasteiger charge is 2.51. The molecule has 5 N–H and O–H groups in total. The SMILES string of the molecule is BP(=O)(OCC1OC(n2cnc3c(=O)[nH]c(N)nc32)C(OP=O)C1OC)OC1C(COCS)OC(n2cnc3c(N)ncnc32)C1F. The van der Waals surface area contributed by atoms with Crippen molar-refractivity contribution in [3.63, 3.8) is 0 Å². The van der Waals surface area contributed by atoms with E-state index in [1.165, 1.54) is 35.2 Å². The highest BCUT2D eigenvalue weighted by molar-refractivity contribution is 7.80. The maximum atomic E-state index is 16.1. The van der Waals surface area contributed by atoms with Crippen LogP contribution in [0.2, 0.25) is 0 Å². The number of nitrogens with zero attached hydrogens (tertiary/aromatic N) is 7. The third kappa shape index (κ3) is 6.52. The summed E-state index contributed by atoms with van der Waals surface area (Å²) < 4.78 is 83.8. The van der Waals surface area contributed by atoms with E-state index < -0.39 is 77.5 Å². The maximum Gasteiger partial charge on any atom is 0.327 e. The van der Waals surface area contributed by atoms with Crippen LogP contribution in [0.25, 0.3) is 22.3 Å². The molecular weight excluding hydrogens is 688 g/mol. The number of ether oxygens (including phenoxy) is 4. The summed E-state index contributed by atoms with van der Waals surface area (Å²) in [4.78, 5) is 35.0. The predicted octanol–water partition coefficient (Wildman–Crippen LogP) is -0.0894. The van der Waals surface area contributed by atoms with Crippen LogP contribution in [-0.4, -0.2) is 110 Å². The molecule has 2 fully saturated rings. The predicted molar refractivity (Wildman–Crippen MR) is 165 cm³/mol. The molecule has 0 bridgehead atoms. The molecular formula is C22H28BFN10O10P2S. The molecule has 0 spiro atoms. The molecule has 47 heavy (non-hydrogen) atoms. The van der Waals surface area contributed by atoms with E-state index in [0.29, 0.717) is 0 Å². The minimum absolute atomic E-state index is 0.000430. The van der Waals surface area contributed by atoms with E-state index in [-0.39, 0.29) is 46.6 Å². The van der Waals surface area contributed by atoms with Gasteiger partial charge in [-0.2, -0.15) is 17.6 Å². The van der Waals surface area contributed by atoms with E-state index in [9.17, 15) is 13.9 Å². The Morgan fingerprint density at radius 3 is 2.49 bits per heavy atom. The lowest BCUT2D eigenvalue weighted by molar-refractivity contribution is -0.0590. The number of nitrogens with one attached hydrogen (secondary N) is 1. The average molecular weight is 716 g/mol. The largest absolute Gasteiger partial charge is 0.382 e. The first kappa shape index (κ1) is 33.8. The molecule has 252 valence electrons. The zero-order chi connectivity index (χ0) is 33.5. The number of aromatic nitrogens is 8. The Hall–Kier alpha value is -3.11. The first-order chi connectivity index (χ1) is 22.6. The van der Waals surface area contributed by atoms with Crippen LogP contribution in [0.5, 0.6) is 0 Å². The van der Waals surface area contributed by atoms with Gasteiger partial charge in [0.2, 0.25) is 5.95 Å². The molecule has 20 nitrogen and oxygen atoms in total. The molecule has 9 unspecified atom stereocenters. The van der Waals surface area contributed by atoms with Crippen molar-refractivity contribution in [1.29, 1.82) is 0 Å². The van der Waals surface area contributed by atoms with E-state index >= 15 is 4.39 Å². The van der Waals surface area contributed by atoms with Gasteiger partial charge in [-0.05, 0) is 0 Å². The van der Waals surface area contributed by atoms with Gasteiger partial charge in [0, 0.05) is 7.11 Å². The van der Waals surface area contributed by atoms with Gasteiger partial charge in [-0.3, -0.25) is 28.0 Å². The van der Waals surface area contributed by atoms with Gasteiger partial charge in [0.1, 0.15) is 42.4 Å². The summed E-state index contributed by atoms with van der Waals surface area (Å²) >= 11 is 4.03. The second-order valence-electron chi connectivity index (χ2n) is 10.4. The number of imidazole rings is 2. The van der Waals surface area contributed by atoms with Gasteiger partial charge in [-0.1, -0.05) is 0 Å². The highest BCUT2D eigenvalue weighted by atomic mass is 32.1. The van der Waals surface area contributed by atoms with Gasteiger partial charge in [-0.25, -0.2) is 28.9 Å². The van der Waals surface area contributed by atoms with Crippen molar-refractivity contribution >= 4 is 70.4 Å². The van der Waals surface area contributed by atoms with Gasteiger partial charge < -0.3 is 39.5 Å². The number of hydrogen-bond donors (Lipinski definition) is 4. The molecule has 25 heteroatoms. The smallest absolute Gasteiger partial charge is 0.327 e. The Bertz CT molecular complexity index is 1870. The van der Waals surface area contributed by atoms with Crippen LogP contribution in [-0.2, 0) is 41.6 Å². The minimum atomic E-state index is -4.06. The summed E-state index contributed by atoms with van der Waals surface area (Å²) in [5.41, 5.74) is 11.5.